The van der Waals surface area contributed by atoms with Crippen molar-refractivity contribution in [3.63, 3.8) is 0 Å². The second-order valence-corrected chi connectivity index (χ2v) is 11.9. The number of thioether (sulfide) groups is 1. The van der Waals surface area contributed by atoms with Crippen LogP contribution in [0.2, 0.25) is 0 Å². The van der Waals surface area contributed by atoms with E-state index in [9.17, 15) is 19.2 Å². The molecular formula is C26H31N4O7S2+. The van der Waals surface area contributed by atoms with Crippen LogP contribution in [0.3, 0.4) is 0 Å². The number of hydrogen-bond acceptors (Lipinski definition) is 9. The summed E-state index contributed by atoms with van der Waals surface area (Å²) in [5.41, 5.74) is 0.668. The van der Waals surface area contributed by atoms with Crippen molar-refractivity contribution in [1.29, 1.82) is 0 Å². The van der Waals surface area contributed by atoms with Gasteiger partial charge in [-0.1, -0.05) is 18.2 Å². The van der Waals surface area contributed by atoms with Gasteiger partial charge >= 0.3 is 22.7 Å². The molecule has 3 aromatic rings. The number of carbonyl (C=O) groups excluding carboxylic acids is 3. The molecule has 0 saturated carbocycles. The van der Waals surface area contributed by atoms with Crippen molar-refractivity contribution in [3.8, 4) is 5.69 Å². The van der Waals surface area contributed by atoms with Gasteiger partial charge in [0.1, 0.15) is 10.6 Å². The van der Waals surface area contributed by atoms with Crippen LogP contribution in [0.4, 0.5) is 9.80 Å². The van der Waals surface area contributed by atoms with Crippen LogP contribution >= 0.6 is 23.1 Å². The van der Waals surface area contributed by atoms with Crippen molar-refractivity contribution in [3.05, 3.63) is 56.8 Å². The van der Waals surface area contributed by atoms with Crippen molar-refractivity contribution in [1.82, 2.24) is 10.2 Å². The Hall–Kier alpha value is -3.58. The second kappa shape index (κ2) is 12.1. The van der Waals surface area contributed by atoms with Gasteiger partial charge in [0.2, 0.25) is 11.6 Å². The van der Waals surface area contributed by atoms with E-state index in [1.165, 1.54) is 27.8 Å². The largest absolute Gasteiger partial charge is 0.462 e. The third-order valence-corrected chi connectivity index (χ3v) is 7.79. The Kier molecular flexibility index (Phi) is 8.80. The van der Waals surface area contributed by atoms with Crippen LogP contribution in [-0.4, -0.2) is 52.6 Å². The first kappa shape index (κ1) is 28.4. The number of aromatic amines is 1. The summed E-state index contributed by atoms with van der Waals surface area (Å²) in [6, 6.07) is 9.18. The molecule has 1 aromatic carbocycles. The molecule has 0 aliphatic carbocycles. The lowest BCUT2D eigenvalue weighted by Crippen LogP contribution is -2.39. The van der Waals surface area contributed by atoms with Gasteiger partial charge in [-0.15, -0.1) is 11.3 Å². The number of aromatic nitrogens is 2. The third-order valence-electron chi connectivity index (χ3n) is 5.63. The molecule has 208 valence electrons. The lowest BCUT2D eigenvalue weighted by atomic mass is 10.0. The number of hydrogen-bond donors (Lipinski definition) is 2. The van der Waals surface area contributed by atoms with E-state index in [4.69, 9.17) is 14.0 Å². The van der Waals surface area contributed by atoms with Gasteiger partial charge in [0.25, 0.3) is 0 Å². The van der Waals surface area contributed by atoms with E-state index in [0.29, 0.717) is 34.3 Å². The molecule has 0 bridgehead atoms. The maximum Gasteiger partial charge on any atom is 0.442 e. The lowest BCUT2D eigenvalue weighted by Gasteiger charge is -2.30. The van der Waals surface area contributed by atoms with E-state index in [1.807, 2.05) is 30.3 Å². The molecule has 2 amide bonds. The van der Waals surface area contributed by atoms with Gasteiger partial charge in [0.15, 0.2) is 0 Å². The number of fused-ring (bicyclic) bond motifs is 1. The third kappa shape index (κ3) is 6.90. The second-order valence-electron chi connectivity index (χ2n) is 9.68. The smallest absolute Gasteiger partial charge is 0.442 e. The zero-order valence-corrected chi connectivity index (χ0v) is 23.8. The Bertz CT molecular complexity index is 1410. The fourth-order valence-electron chi connectivity index (χ4n) is 3.96. The Morgan fingerprint density at radius 3 is 2.67 bits per heavy atom. The highest BCUT2D eigenvalue weighted by atomic mass is 32.2. The number of benzene rings is 1. The standard InChI is InChI=1S/C26H30N4O7S2/c1-5-35-23(32)20-17-11-13-29(25(34)36-26(2,3)4)15-18(17)39-21(20)27-19(31)12-14-38-22-24(33)37-28-30(22)16-9-7-6-8-10-16/h6-10H,5,11-15H2,1-4H3,(H-,27,28,31,32,33)/p+1. The molecule has 2 aromatic heterocycles. The molecule has 13 heteroatoms. The van der Waals surface area contributed by atoms with Crippen molar-refractivity contribution >= 4 is 46.1 Å². The lowest BCUT2D eigenvalue weighted by molar-refractivity contribution is -0.704. The van der Waals surface area contributed by atoms with Crippen molar-refractivity contribution in [2.24, 2.45) is 0 Å². The number of esters is 1. The normalized spacial score (nSPS) is 13.1. The minimum Gasteiger partial charge on any atom is -0.462 e. The molecule has 1 aliphatic heterocycles. The summed E-state index contributed by atoms with van der Waals surface area (Å²) in [4.78, 5) is 52.9. The van der Waals surface area contributed by atoms with Crippen LogP contribution in [0.25, 0.3) is 5.69 Å². The van der Waals surface area contributed by atoms with E-state index in [1.54, 1.807) is 32.6 Å². The molecule has 0 fully saturated rings. The number of para-hydroxylation sites is 1. The Balaban J connectivity index is 1.45. The molecule has 11 nitrogen and oxygen atoms in total. The Morgan fingerprint density at radius 1 is 1.23 bits per heavy atom. The summed E-state index contributed by atoms with van der Waals surface area (Å²) >= 11 is 2.44. The quantitative estimate of drug-likeness (QED) is 0.235. The predicted octanol–water partition coefficient (Wildman–Crippen LogP) is 3.90. The molecule has 39 heavy (non-hydrogen) atoms. The summed E-state index contributed by atoms with van der Waals surface area (Å²) < 4.78 is 17.2. The number of amides is 2. The van der Waals surface area contributed by atoms with Crippen LogP contribution < -0.4 is 15.6 Å². The molecule has 0 spiro atoms. The SMILES string of the molecule is CCOC(=O)c1c(NC(=O)CCSc2c(=O)o[nH][n+]2-c2ccccc2)sc2c1CCN(C(=O)OC(C)(C)C)C2. The minimum atomic E-state index is -0.623. The van der Waals surface area contributed by atoms with Crippen molar-refractivity contribution in [2.45, 2.75) is 57.7 Å². The predicted molar refractivity (Wildman–Crippen MR) is 145 cm³/mol. The van der Waals surface area contributed by atoms with Gasteiger partial charge in [-0.25, -0.2) is 14.4 Å². The van der Waals surface area contributed by atoms with Gasteiger partial charge in [0, 0.05) is 35.7 Å². The number of carbonyl (C=O) groups is 3. The molecule has 1 aliphatic rings. The fourth-order valence-corrected chi connectivity index (χ4v) is 6.14. The summed E-state index contributed by atoms with van der Waals surface area (Å²) in [6.07, 6.45) is 0.0935. The first-order chi connectivity index (χ1) is 18.6. The molecule has 0 saturated heterocycles. The van der Waals surface area contributed by atoms with E-state index < -0.39 is 23.3 Å². The monoisotopic (exact) mass is 575 g/mol. The molecule has 3 heterocycles. The van der Waals surface area contributed by atoms with E-state index >= 15 is 0 Å². The van der Waals surface area contributed by atoms with Gasteiger partial charge in [-0.3, -0.25) is 9.32 Å². The highest BCUT2D eigenvalue weighted by molar-refractivity contribution is 7.99. The van der Waals surface area contributed by atoms with Gasteiger partial charge in [-0.05, 0) is 61.4 Å². The summed E-state index contributed by atoms with van der Waals surface area (Å²) in [5, 5.41) is 6.12. The maximum absolute atomic E-state index is 12.9. The van der Waals surface area contributed by atoms with Crippen molar-refractivity contribution < 1.29 is 33.1 Å². The molecule has 0 radical (unpaired) electrons. The Labute approximate surface area is 233 Å². The van der Waals surface area contributed by atoms with Crippen LogP contribution in [0.1, 0.15) is 54.9 Å². The number of ether oxygens (including phenoxy) is 2. The van der Waals surface area contributed by atoms with Crippen molar-refractivity contribution in [2.75, 3.05) is 24.2 Å². The van der Waals surface area contributed by atoms with Crippen LogP contribution in [-0.2, 0) is 27.2 Å². The van der Waals surface area contributed by atoms with Gasteiger partial charge in [-0.2, -0.15) is 0 Å². The highest BCUT2D eigenvalue weighted by Crippen LogP contribution is 2.38. The number of thiophene rings is 1. The topological polar surface area (TPSA) is 135 Å². The number of anilines is 1. The van der Waals surface area contributed by atoms with Crippen LogP contribution in [0.5, 0.6) is 0 Å². The number of rotatable bonds is 8. The van der Waals surface area contributed by atoms with E-state index in [0.717, 1.165) is 16.1 Å². The first-order valence-corrected chi connectivity index (χ1v) is 14.3. The maximum atomic E-state index is 12.9. The number of nitrogens with zero attached hydrogens (tertiary/aromatic N) is 2. The van der Waals surface area contributed by atoms with Gasteiger partial charge < -0.3 is 19.7 Å². The zero-order valence-electron chi connectivity index (χ0n) is 22.2. The van der Waals surface area contributed by atoms with Gasteiger partial charge in [0.05, 0.1) is 18.7 Å². The van der Waals surface area contributed by atoms with Crippen LogP contribution in [0.15, 0.2) is 44.7 Å². The summed E-state index contributed by atoms with van der Waals surface area (Å²) in [6.45, 7) is 7.99. The summed E-state index contributed by atoms with van der Waals surface area (Å²) in [7, 11) is 0. The van der Waals surface area contributed by atoms with Crippen LogP contribution in [0, 0.1) is 0 Å². The first-order valence-electron chi connectivity index (χ1n) is 12.5. The average molecular weight is 576 g/mol. The zero-order chi connectivity index (χ0) is 28.2. The van der Waals surface area contributed by atoms with E-state index in [-0.39, 0.29) is 25.5 Å². The molecule has 4 rings (SSSR count). The minimum absolute atomic E-state index is 0.0823. The number of H-pyrrole nitrogens is 1. The molecular weight excluding hydrogens is 544 g/mol. The molecule has 0 atom stereocenters. The molecule has 2 N–H and O–H groups in total. The number of nitrogens with one attached hydrogen (secondary N) is 2. The fraction of sp³-hybridized carbons (Fsp3) is 0.423. The average Bonchev–Trinajstić information content (AvgIpc) is 3.42. The van der Waals surface area contributed by atoms with E-state index in [2.05, 4.69) is 10.6 Å². The summed E-state index contributed by atoms with van der Waals surface area (Å²) in [5.74, 6) is -0.533. The highest BCUT2D eigenvalue weighted by Gasteiger charge is 2.33. The molecule has 0 unspecified atom stereocenters. The Morgan fingerprint density at radius 2 is 1.97 bits per heavy atom.